The van der Waals surface area contributed by atoms with Crippen LogP contribution < -0.4 is 14.4 Å². The highest BCUT2D eigenvalue weighted by molar-refractivity contribution is 7.22. The van der Waals surface area contributed by atoms with Gasteiger partial charge in [0, 0.05) is 10.6 Å². The van der Waals surface area contributed by atoms with Crippen LogP contribution >= 0.6 is 22.9 Å². The van der Waals surface area contributed by atoms with Gasteiger partial charge in [0.2, 0.25) is 0 Å². The fraction of sp³-hybridized carbons (Fsp3) is 0.233. The number of benzene rings is 3. The van der Waals surface area contributed by atoms with Crippen LogP contribution in [-0.4, -0.2) is 35.0 Å². The Labute approximate surface area is 235 Å². The van der Waals surface area contributed by atoms with Gasteiger partial charge in [0.05, 0.1) is 35.0 Å². The van der Waals surface area contributed by atoms with Gasteiger partial charge in [0.25, 0.3) is 5.78 Å². The Morgan fingerprint density at radius 1 is 1.03 bits per heavy atom. The second kappa shape index (κ2) is 11.5. The van der Waals surface area contributed by atoms with E-state index in [0.717, 1.165) is 17.5 Å². The number of hydrogen-bond acceptors (Lipinski definition) is 7. The molecule has 3 aromatic carbocycles. The van der Waals surface area contributed by atoms with Gasteiger partial charge in [-0.3, -0.25) is 14.5 Å². The maximum atomic E-state index is 13.5. The van der Waals surface area contributed by atoms with Crippen LogP contribution in [0.15, 0.2) is 72.3 Å². The van der Waals surface area contributed by atoms with Crippen molar-refractivity contribution >= 4 is 55.7 Å². The first-order valence-electron chi connectivity index (χ1n) is 12.7. The van der Waals surface area contributed by atoms with Crippen molar-refractivity contribution in [1.82, 2.24) is 4.98 Å². The fourth-order valence-corrected chi connectivity index (χ4v) is 5.74. The molecule has 39 heavy (non-hydrogen) atoms. The zero-order valence-electron chi connectivity index (χ0n) is 21.5. The number of ketones is 1. The molecule has 1 aromatic heterocycles. The molecule has 7 nitrogen and oxygen atoms in total. The van der Waals surface area contributed by atoms with E-state index in [-0.39, 0.29) is 11.3 Å². The standard InChI is InChI=1S/C30H27ClN2O5S/c1-3-5-15-38-22-8-6-7-19(16-22)26-25(27(34)18-9-12-21(13-10-18)37-4-2)28(35)29(36)33(26)30-32-23-14-11-20(31)17-24(23)39-30/h6-14,16-17,26,34H,3-5,15H2,1-2H3/b27-25+. The third-order valence-electron chi connectivity index (χ3n) is 6.37. The number of halogens is 1. The molecule has 1 aliphatic heterocycles. The first-order chi connectivity index (χ1) is 18.9. The van der Waals surface area contributed by atoms with Crippen molar-refractivity contribution in [3.05, 3.63) is 88.5 Å². The summed E-state index contributed by atoms with van der Waals surface area (Å²) in [6.07, 6.45) is 1.89. The number of carbonyl (C=O) groups is 2. The van der Waals surface area contributed by atoms with Crippen LogP contribution in [0.1, 0.15) is 43.9 Å². The fourth-order valence-electron chi connectivity index (χ4n) is 4.47. The van der Waals surface area contributed by atoms with Gasteiger partial charge >= 0.3 is 5.91 Å². The summed E-state index contributed by atoms with van der Waals surface area (Å²) in [5.41, 5.74) is 1.65. The molecule has 0 radical (unpaired) electrons. The lowest BCUT2D eigenvalue weighted by atomic mass is 9.95. The zero-order valence-corrected chi connectivity index (χ0v) is 23.1. The highest BCUT2D eigenvalue weighted by Crippen LogP contribution is 2.45. The number of hydrogen-bond donors (Lipinski definition) is 1. The molecule has 0 aliphatic carbocycles. The van der Waals surface area contributed by atoms with E-state index in [0.29, 0.717) is 51.5 Å². The van der Waals surface area contributed by atoms with Crippen molar-refractivity contribution in [3.8, 4) is 11.5 Å². The Hall–Kier alpha value is -3.88. The van der Waals surface area contributed by atoms with Crippen molar-refractivity contribution in [1.29, 1.82) is 0 Å². The normalized spacial score (nSPS) is 16.7. The number of aromatic nitrogens is 1. The van der Waals surface area contributed by atoms with Crippen LogP contribution in [0.25, 0.3) is 16.0 Å². The predicted octanol–water partition coefficient (Wildman–Crippen LogP) is 7.15. The van der Waals surface area contributed by atoms with Crippen LogP contribution in [0.4, 0.5) is 5.13 Å². The summed E-state index contributed by atoms with van der Waals surface area (Å²) in [6.45, 7) is 5.01. The smallest absolute Gasteiger partial charge is 0.301 e. The van der Waals surface area contributed by atoms with Gasteiger partial charge in [-0.2, -0.15) is 0 Å². The zero-order chi connectivity index (χ0) is 27.5. The minimum atomic E-state index is -0.915. The monoisotopic (exact) mass is 562 g/mol. The summed E-state index contributed by atoms with van der Waals surface area (Å²) in [5, 5.41) is 12.3. The highest BCUT2D eigenvalue weighted by atomic mass is 35.5. The molecule has 0 saturated carbocycles. The molecule has 200 valence electrons. The molecular weight excluding hydrogens is 536 g/mol. The van der Waals surface area contributed by atoms with E-state index in [1.807, 2.05) is 25.1 Å². The highest BCUT2D eigenvalue weighted by Gasteiger charge is 2.48. The van der Waals surface area contributed by atoms with E-state index in [1.54, 1.807) is 48.5 Å². The van der Waals surface area contributed by atoms with Gasteiger partial charge in [-0.1, -0.05) is 48.4 Å². The number of aliphatic hydroxyl groups is 1. The number of ether oxygens (including phenoxy) is 2. The van der Waals surface area contributed by atoms with E-state index in [2.05, 4.69) is 11.9 Å². The van der Waals surface area contributed by atoms with Crippen molar-refractivity contribution < 1.29 is 24.2 Å². The van der Waals surface area contributed by atoms with Crippen LogP contribution in [0.5, 0.6) is 11.5 Å². The predicted molar refractivity (Wildman–Crippen MR) is 154 cm³/mol. The van der Waals surface area contributed by atoms with Crippen molar-refractivity contribution in [3.63, 3.8) is 0 Å². The molecule has 1 amide bonds. The van der Waals surface area contributed by atoms with Gasteiger partial charge in [-0.15, -0.1) is 0 Å². The molecule has 1 fully saturated rings. The van der Waals surface area contributed by atoms with Crippen LogP contribution in [-0.2, 0) is 9.59 Å². The number of aliphatic hydroxyl groups excluding tert-OH is 1. The average Bonchev–Trinajstić information content (AvgIpc) is 3.46. The maximum absolute atomic E-state index is 13.5. The van der Waals surface area contributed by atoms with Crippen LogP contribution in [0.3, 0.4) is 0 Å². The minimum absolute atomic E-state index is 0.0212. The third-order valence-corrected chi connectivity index (χ3v) is 7.62. The first-order valence-corrected chi connectivity index (χ1v) is 13.9. The maximum Gasteiger partial charge on any atom is 0.301 e. The van der Waals surface area contributed by atoms with E-state index < -0.39 is 17.7 Å². The van der Waals surface area contributed by atoms with E-state index in [9.17, 15) is 14.7 Å². The Morgan fingerprint density at radius 2 is 1.82 bits per heavy atom. The molecular formula is C30H27ClN2O5S. The van der Waals surface area contributed by atoms with Crippen LogP contribution in [0.2, 0.25) is 5.02 Å². The lowest BCUT2D eigenvalue weighted by Gasteiger charge is -2.23. The summed E-state index contributed by atoms with van der Waals surface area (Å²) >= 11 is 7.43. The largest absolute Gasteiger partial charge is 0.507 e. The number of anilines is 1. The van der Waals surface area contributed by atoms with E-state index >= 15 is 0 Å². The molecule has 1 N–H and O–H groups in total. The molecule has 1 unspecified atom stereocenters. The number of fused-ring (bicyclic) bond motifs is 1. The number of amides is 1. The number of carbonyl (C=O) groups excluding carboxylic acids is 2. The Kier molecular flexibility index (Phi) is 7.86. The summed E-state index contributed by atoms with van der Waals surface area (Å²) in [6, 6.07) is 18.3. The summed E-state index contributed by atoms with van der Waals surface area (Å²) in [5.74, 6) is -0.582. The SMILES string of the molecule is CCCCOc1cccc(C2/C(=C(\O)c3ccc(OCC)cc3)C(=O)C(=O)N2c2nc3ccc(Cl)cc3s2)c1. The Bertz CT molecular complexity index is 1560. The van der Waals surface area contributed by atoms with Gasteiger partial charge in [0.1, 0.15) is 17.3 Å². The van der Waals surface area contributed by atoms with Crippen molar-refractivity contribution in [2.24, 2.45) is 0 Å². The molecule has 0 bridgehead atoms. The number of unbranched alkanes of at least 4 members (excludes halogenated alkanes) is 1. The number of rotatable bonds is 9. The lowest BCUT2D eigenvalue weighted by Crippen LogP contribution is -2.29. The molecule has 1 saturated heterocycles. The number of nitrogens with zero attached hydrogens (tertiary/aromatic N) is 2. The molecule has 0 spiro atoms. The molecule has 2 heterocycles. The minimum Gasteiger partial charge on any atom is -0.507 e. The molecule has 1 atom stereocenters. The molecule has 4 aromatic rings. The topological polar surface area (TPSA) is 89.0 Å². The van der Waals surface area contributed by atoms with Crippen molar-refractivity contribution in [2.45, 2.75) is 32.7 Å². The van der Waals surface area contributed by atoms with E-state index in [1.165, 1.54) is 16.2 Å². The van der Waals surface area contributed by atoms with Crippen molar-refractivity contribution in [2.75, 3.05) is 18.1 Å². The second-order valence-corrected chi connectivity index (χ2v) is 10.5. The third kappa shape index (κ3) is 5.35. The Balaban J connectivity index is 1.65. The van der Waals surface area contributed by atoms with Gasteiger partial charge in [0.15, 0.2) is 5.13 Å². The summed E-state index contributed by atoms with van der Waals surface area (Å²) in [7, 11) is 0. The lowest BCUT2D eigenvalue weighted by molar-refractivity contribution is -0.132. The quantitative estimate of drug-likeness (QED) is 0.101. The molecule has 9 heteroatoms. The summed E-state index contributed by atoms with van der Waals surface area (Å²) in [4.78, 5) is 33.0. The van der Waals surface area contributed by atoms with Gasteiger partial charge < -0.3 is 14.6 Å². The number of thiazole rings is 1. The first kappa shape index (κ1) is 26.7. The van der Waals surface area contributed by atoms with Gasteiger partial charge in [-0.25, -0.2) is 4.98 Å². The summed E-state index contributed by atoms with van der Waals surface area (Å²) < 4.78 is 12.2. The number of Topliss-reactive ketones (excluding diaryl/α,β-unsaturated/α-hetero) is 1. The van der Waals surface area contributed by atoms with Gasteiger partial charge in [-0.05, 0) is 73.5 Å². The van der Waals surface area contributed by atoms with E-state index in [4.69, 9.17) is 21.1 Å². The molecule has 1 aliphatic rings. The van der Waals surface area contributed by atoms with Crippen LogP contribution in [0, 0.1) is 0 Å². The average molecular weight is 563 g/mol. The molecule has 5 rings (SSSR count). The Morgan fingerprint density at radius 3 is 2.56 bits per heavy atom. The second-order valence-electron chi connectivity index (χ2n) is 9.01.